The SMILES string of the molecule is CC(C(=O)C(C)c1cccc(OC(F)F)c1)c1cccc(OC(F)F)c1. The van der Waals surface area contributed by atoms with Gasteiger partial charge in [0, 0.05) is 11.8 Å². The third kappa shape index (κ3) is 5.21. The van der Waals surface area contributed by atoms with Crippen molar-refractivity contribution in [2.24, 2.45) is 0 Å². The van der Waals surface area contributed by atoms with Gasteiger partial charge in [0.25, 0.3) is 0 Å². The van der Waals surface area contributed by atoms with Crippen LogP contribution in [-0.2, 0) is 4.79 Å². The van der Waals surface area contributed by atoms with E-state index in [1.807, 2.05) is 0 Å². The summed E-state index contributed by atoms with van der Waals surface area (Å²) in [4.78, 5) is 12.7. The molecule has 0 spiro atoms. The molecular weight excluding hydrogens is 352 g/mol. The number of ether oxygens (including phenoxy) is 2. The molecule has 26 heavy (non-hydrogen) atoms. The van der Waals surface area contributed by atoms with Crippen LogP contribution in [0.15, 0.2) is 48.5 Å². The number of benzene rings is 2. The lowest BCUT2D eigenvalue weighted by molar-refractivity contribution is -0.121. The lowest BCUT2D eigenvalue weighted by atomic mass is 9.86. The molecule has 2 aromatic rings. The fourth-order valence-corrected chi connectivity index (χ4v) is 2.62. The van der Waals surface area contributed by atoms with E-state index in [4.69, 9.17) is 0 Å². The van der Waals surface area contributed by atoms with Crippen molar-refractivity contribution in [3.05, 3.63) is 59.7 Å². The Labute approximate surface area is 148 Å². The quantitative estimate of drug-likeness (QED) is 0.587. The van der Waals surface area contributed by atoms with Gasteiger partial charge in [0.2, 0.25) is 0 Å². The molecule has 2 unspecified atom stereocenters. The second kappa shape index (κ2) is 8.69. The number of hydrogen-bond acceptors (Lipinski definition) is 3. The molecule has 0 bridgehead atoms. The maximum absolute atomic E-state index is 12.7. The molecule has 0 amide bonds. The predicted molar refractivity (Wildman–Crippen MR) is 88.0 cm³/mol. The highest BCUT2D eigenvalue weighted by Crippen LogP contribution is 2.30. The van der Waals surface area contributed by atoms with E-state index >= 15 is 0 Å². The summed E-state index contributed by atoms with van der Waals surface area (Å²) < 4.78 is 58.0. The molecule has 0 aliphatic rings. The van der Waals surface area contributed by atoms with Gasteiger partial charge in [0.05, 0.1) is 0 Å². The standard InChI is InChI=1S/C19H18F4O3/c1-11(13-5-3-7-15(9-13)25-18(20)21)17(24)12(2)14-6-4-8-16(10-14)26-19(22)23/h3-12,18-19H,1-2H3. The van der Waals surface area contributed by atoms with Crippen LogP contribution in [0.2, 0.25) is 0 Å². The van der Waals surface area contributed by atoms with Crippen molar-refractivity contribution in [3.8, 4) is 11.5 Å². The zero-order valence-electron chi connectivity index (χ0n) is 14.2. The van der Waals surface area contributed by atoms with E-state index in [0.717, 1.165) is 0 Å². The highest BCUT2D eigenvalue weighted by molar-refractivity contribution is 5.91. The Morgan fingerprint density at radius 3 is 1.50 bits per heavy atom. The van der Waals surface area contributed by atoms with Crippen molar-refractivity contribution < 1.29 is 31.8 Å². The monoisotopic (exact) mass is 370 g/mol. The normalized spacial score (nSPS) is 13.5. The van der Waals surface area contributed by atoms with Crippen LogP contribution in [0.5, 0.6) is 11.5 Å². The van der Waals surface area contributed by atoms with Crippen molar-refractivity contribution in [1.29, 1.82) is 0 Å². The molecule has 0 aliphatic heterocycles. The lowest BCUT2D eigenvalue weighted by Gasteiger charge is -2.18. The van der Waals surface area contributed by atoms with Crippen molar-refractivity contribution in [1.82, 2.24) is 0 Å². The first-order valence-electron chi connectivity index (χ1n) is 7.91. The second-order valence-electron chi connectivity index (χ2n) is 5.75. The first-order valence-corrected chi connectivity index (χ1v) is 7.91. The number of Topliss-reactive ketones (excluding diaryl/α,β-unsaturated/α-hetero) is 1. The van der Waals surface area contributed by atoms with Crippen LogP contribution >= 0.6 is 0 Å². The zero-order valence-corrected chi connectivity index (χ0v) is 14.2. The molecule has 2 atom stereocenters. The van der Waals surface area contributed by atoms with Gasteiger partial charge in [-0.05, 0) is 35.4 Å². The Kier molecular flexibility index (Phi) is 6.60. The highest BCUT2D eigenvalue weighted by Gasteiger charge is 2.24. The third-order valence-corrected chi connectivity index (χ3v) is 4.02. The van der Waals surface area contributed by atoms with Gasteiger partial charge in [-0.1, -0.05) is 38.1 Å². The first kappa shape index (κ1) is 19.8. The summed E-state index contributed by atoms with van der Waals surface area (Å²) in [6.07, 6.45) is 0. The maximum Gasteiger partial charge on any atom is 0.387 e. The molecule has 2 aromatic carbocycles. The molecule has 140 valence electrons. The van der Waals surface area contributed by atoms with Crippen LogP contribution in [0, 0.1) is 0 Å². The minimum atomic E-state index is -2.95. The summed E-state index contributed by atoms with van der Waals surface area (Å²) in [5.74, 6) is -1.43. The van der Waals surface area contributed by atoms with Crippen molar-refractivity contribution in [3.63, 3.8) is 0 Å². The molecule has 0 aromatic heterocycles. The molecule has 0 saturated heterocycles. The van der Waals surface area contributed by atoms with Crippen LogP contribution in [-0.4, -0.2) is 19.0 Å². The Hall–Kier alpha value is -2.57. The molecule has 2 rings (SSSR count). The Morgan fingerprint density at radius 1 is 0.769 bits per heavy atom. The van der Waals surface area contributed by atoms with Gasteiger partial charge in [-0.3, -0.25) is 4.79 Å². The van der Waals surface area contributed by atoms with Gasteiger partial charge in [0.1, 0.15) is 17.3 Å². The molecule has 7 heteroatoms. The summed E-state index contributed by atoms with van der Waals surface area (Å²) in [6, 6.07) is 11.9. The summed E-state index contributed by atoms with van der Waals surface area (Å²) >= 11 is 0. The van der Waals surface area contributed by atoms with Crippen LogP contribution < -0.4 is 9.47 Å². The summed E-state index contributed by atoms with van der Waals surface area (Å²) in [7, 11) is 0. The van der Waals surface area contributed by atoms with Gasteiger partial charge >= 0.3 is 13.2 Å². The lowest BCUT2D eigenvalue weighted by Crippen LogP contribution is -2.17. The van der Waals surface area contributed by atoms with Crippen molar-refractivity contribution >= 4 is 5.78 Å². The van der Waals surface area contributed by atoms with E-state index in [1.54, 1.807) is 26.0 Å². The van der Waals surface area contributed by atoms with Gasteiger partial charge in [-0.15, -0.1) is 0 Å². The molecule has 0 heterocycles. The number of alkyl halides is 4. The maximum atomic E-state index is 12.7. The molecule has 0 N–H and O–H groups in total. The number of carbonyl (C=O) groups excluding carboxylic acids is 1. The summed E-state index contributed by atoms with van der Waals surface area (Å²) in [6.45, 7) is -2.60. The van der Waals surface area contributed by atoms with E-state index in [9.17, 15) is 22.4 Å². The van der Waals surface area contributed by atoms with Gasteiger partial charge in [-0.2, -0.15) is 17.6 Å². The van der Waals surface area contributed by atoms with Gasteiger partial charge < -0.3 is 9.47 Å². The minimum Gasteiger partial charge on any atom is -0.435 e. The fourth-order valence-electron chi connectivity index (χ4n) is 2.62. The Morgan fingerprint density at radius 2 is 1.15 bits per heavy atom. The second-order valence-corrected chi connectivity index (χ2v) is 5.75. The van der Waals surface area contributed by atoms with E-state index in [0.29, 0.717) is 11.1 Å². The number of halogens is 4. The van der Waals surface area contributed by atoms with Crippen molar-refractivity contribution in [2.45, 2.75) is 38.9 Å². The largest absolute Gasteiger partial charge is 0.435 e. The number of ketones is 1. The molecule has 0 saturated carbocycles. The molecular formula is C19H18F4O3. The van der Waals surface area contributed by atoms with Crippen molar-refractivity contribution in [2.75, 3.05) is 0 Å². The summed E-state index contributed by atoms with van der Waals surface area (Å²) in [5.41, 5.74) is 1.06. The topological polar surface area (TPSA) is 35.5 Å². The molecule has 0 radical (unpaired) electrons. The molecule has 0 fully saturated rings. The predicted octanol–water partition coefficient (Wildman–Crippen LogP) is 5.37. The highest BCUT2D eigenvalue weighted by atomic mass is 19.3. The van der Waals surface area contributed by atoms with E-state index < -0.39 is 25.1 Å². The first-order chi connectivity index (χ1) is 12.3. The van der Waals surface area contributed by atoms with Gasteiger partial charge in [-0.25, -0.2) is 0 Å². The summed E-state index contributed by atoms with van der Waals surface area (Å²) in [5, 5.41) is 0. The Bertz CT molecular complexity index is 688. The molecule has 0 aliphatic carbocycles. The number of rotatable bonds is 8. The molecule has 3 nitrogen and oxygen atoms in total. The number of carbonyl (C=O) groups is 1. The zero-order chi connectivity index (χ0) is 19.3. The van der Waals surface area contributed by atoms with Crippen LogP contribution in [0.4, 0.5) is 17.6 Å². The van der Waals surface area contributed by atoms with Crippen LogP contribution in [0.25, 0.3) is 0 Å². The van der Waals surface area contributed by atoms with Crippen LogP contribution in [0.3, 0.4) is 0 Å². The average Bonchev–Trinajstić information content (AvgIpc) is 2.59. The van der Waals surface area contributed by atoms with Crippen LogP contribution in [0.1, 0.15) is 36.8 Å². The van der Waals surface area contributed by atoms with E-state index in [2.05, 4.69) is 9.47 Å². The van der Waals surface area contributed by atoms with Gasteiger partial charge in [0.15, 0.2) is 0 Å². The average molecular weight is 370 g/mol. The minimum absolute atomic E-state index is 0.0304. The fraction of sp³-hybridized carbons (Fsp3) is 0.316. The van der Waals surface area contributed by atoms with E-state index in [-0.39, 0.29) is 17.3 Å². The Balaban J connectivity index is 2.17. The third-order valence-electron chi connectivity index (χ3n) is 4.02. The number of hydrogen-bond donors (Lipinski definition) is 0. The smallest absolute Gasteiger partial charge is 0.387 e. The van der Waals surface area contributed by atoms with E-state index in [1.165, 1.54) is 36.4 Å².